The Kier molecular flexibility index (Phi) is 9.05. The summed E-state index contributed by atoms with van der Waals surface area (Å²) >= 11 is 0. The fraction of sp³-hybridized carbons (Fsp3) is 0.0164. The number of aromatic nitrogens is 1. The first-order valence-corrected chi connectivity index (χ1v) is 21.9. The summed E-state index contributed by atoms with van der Waals surface area (Å²) in [5.41, 5.74) is 15.1. The van der Waals surface area contributed by atoms with E-state index in [2.05, 4.69) is 258 Å². The Bertz CT molecular complexity index is 3480. The molecule has 0 atom stereocenters. The first-order chi connectivity index (χ1) is 31.8. The molecule has 0 amide bonds. The van der Waals surface area contributed by atoms with Gasteiger partial charge in [0.25, 0.3) is 0 Å². The van der Waals surface area contributed by atoms with Crippen molar-refractivity contribution >= 4 is 60.8 Å². The summed E-state index contributed by atoms with van der Waals surface area (Å²) in [4.78, 5) is 2.39. The summed E-state index contributed by atoms with van der Waals surface area (Å²) in [6.45, 7) is 0. The Hall–Kier alpha value is -8.40. The predicted molar refractivity (Wildman–Crippen MR) is 266 cm³/mol. The molecule has 0 spiro atoms. The molecule has 0 saturated heterocycles. The zero-order chi connectivity index (χ0) is 42.5. The van der Waals surface area contributed by atoms with Crippen molar-refractivity contribution in [1.29, 1.82) is 0 Å². The molecule has 2 heterocycles. The van der Waals surface area contributed by atoms with E-state index in [-0.39, 0.29) is 0 Å². The van der Waals surface area contributed by atoms with Crippen LogP contribution >= 0.6 is 0 Å². The molecular formula is C61H42N2O. The van der Waals surface area contributed by atoms with Gasteiger partial charge in [-0.15, -0.1) is 0 Å². The third kappa shape index (κ3) is 6.05. The Balaban J connectivity index is 1.00. The van der Waals surface area contributed by atoms with E-state index in [9.17, 15) is 0 Å². The molecule has 0 fully saturated rings. The molecule has 0 aliphatic heterocycles. The van der Waals surface area contributed by atoms with E-state index >= 15 is 0 Å². The second-order valence-electron chi connectivity index (χ2n) is 16.4. The van der Waals surface area contributed by atoms with Crippen LogP contribution in [0, 0.1) is 0 Å². The monoisotopic (exact) mass is 818 g/mol. The van der Waals surface area contributed by atoms with Gasteiger partial charge in [-0.1, -0.05) is 194 Å². The average Bonchev–Trinajstić information content (AvgIpc) is 3.92. The van der Waals surface area contributed by atoms with Crippen LogP contribution in [0.2, 0.25) is 0 Å². The fourth-order valence-corrected chi connectivity index (χ4v) is 10.1. The normalized spacial score (nSPS) is 11.8. The van der Waals surface area contributed by atoms with Gasteiger partial charge in [0.1, 0.15) is 11.2 Å². The van der Waals surface area contributed by atoms with Crippen molar-refractivity contribution in [3.05, 3.63) is 277 Å². The van der Waals surface area contributed by atoms with Crippen molar-refractivity contribution in [1.82, 2.24) is 4.57 Å². The number of benzene rings is 10. The van der Waals surface area contributed by atoms with Gasteiger partial charge in [-0.25, -0.2) is 0 Å². The molecule has 10 aromatic carbocycles. The highest BCUT2D eigenvalue weighted by Gasteiger charge is 2.38. The molecular weight excluding hydrogens is 777 g/mol. The highest BCUT2D eigenvalue weighted by molar-refractivity contribution is 6.14. The van der Waals surface area contributed by atoms with Gasteiger partial charge in [0.05, 0.1) is 27.5 Å². The van der Waals surface area contributed by atoms with Crippen LogP contribution in [0.4, 0.5) is 17.1 Å². The highest BCUT2D eigenvalue weighted by atomic mass is 16.3. The van der Waals surface area contributed by atoms with Crippen LogP contribution in [0.1, 0.15) is 22.3 Å². The lowest BCUT2D eigenvalue weighted by molar-refractivity contribution is 0.669. The van der Waals surface area contributed by atoms with Crippen molar-refractivity contribution in [3.63, 3.8) is 0 Å². The highest BCUT2D eigenvalue weighted by Crippen LogP contribution is 2.47. The summed E-state index contributed by atoms with van der Waals surface area (Å²) in [5, 5.41) is 4.61. The summed E-state index contributed by atoms with van der Waals surface area (Å²) < 4.78 is 8.85. The second kappa shape index (κ2) is 15.5. The van der Waals surface area contributed by atoms with Crippen LogP contribution < -0.4 is 4.90 Å². The third-order valence-corrected chi connectivity index (χ3v) is 12.9. The van der Waals surface area contributed by atoms with Crippen LogP contribution in [-0.2, 0) is 5.41 Å². The largest absolute Gasteiger partial charge is 0.456 e. The Morgan fingerprint density at radius 1 is 0.344 bits per heavy atom. The number of hydrogen-bond donors (Lipinski definition) is 0. The van der Waals surface area contributed by atoms with Gasteiger partial charge in [-0.05, 0) is 94.0 Å². The SMILES string of the molecule is c1ccc(-n2c3ccccc3c3ccc(N(c4ccc(-c5ccc(C(c6ccccc6)(c6ccccc6)c6ccccc6)cc5)cc4)c4cccc5oc6ccccc6c45)cc32)cc1. The van der Waals surface area contributed by atoms with E-state index in [1.54, 1.807) is 0 Å². The summed E-state index contributed by atoms with van der Waals surface area (Å²) in [6, 6.07) is 91.8. The number of furan rings is 1. The van der Waals surface area contributed by atoms with Crippen LogP contribution in [0.15, 0.2) is 259 Å². The van der Waals surface area contributed by atoms with Crippen molar-refractivity contribution in [2.75, 3.05) is 4.90 Å². The Morgan fingerprint density at radius 3 is 1.47 bits per heavy atom. The van der Waals surface area contributed by atoms with Gasteiger partial charge in [0.2, 0.25) is 0 Å². The minimum absolute atomic E-state index is 0.502. The topological polar surface area (TPSA) is 21.3 Å². The molecule has 2 aromatic heterocycles. The van der Waals surface area contributed by atoms with Crippen molar-refractivity contribution < 1.29 is 4.42 Å². The minimum atomic E-state index is -0.502. The maximum Gasteiger partial charge on any atom is 0.137 e. The van der Waals surface area contributed by atoms with Gasteiger partial charge >= 0.3 is 0 Å². The van der Waals surface area contributed by atoms with E-state index < -0.39 is 5.41 Å². The molecule has 3 nitrogen and oxygen atoms in total. The molecule has 0 N–H and O–H groups in total. The molecule has 0 unspecified atom stereocenters. The smallest absolute Gasteiger partial charge is 0.137 e. The summed E-state index contributed by atoms with van der Waals surface area (Å²) in [5.74, 6) is 0. The van der Waals surface area contributed by atoms with Crippen LogP contribution in [0.3, 0.4) is 0 Å². The first-order valence-electron chi connectivity index (χ1n) is 21.9. The molecule has 12 rings (SSSR count). The molecule has 3 heteroatoms. The van der Waals surface area contributed by atoms with Crippen molar-refractivity contribution in [3.8, 4) is 16.8 Å². The van der Waals surface area contributed by atoms with E-state index in [0.29, 0.717) is 0 Å². The zero-order valence-corrected chi connectivity index (χ0v) is 35.1. The van der Waals surface area contributed by atoms with E-state index in [0.717, 1.165) is 61.3 Å². The maximum atomic E-state index is 6.47. The van der Waals surface area contributed by atoms with E-state index in [1.807, 2.05) is 6.07 Å². The van der Waals surface area contributed by atoms with Crippen LogP contribution in [0.5, 0.6) is 0 Å². The van der Waals surface area contributed by atoms with Crippen molar-refractivity contribution in [2.45, 2.75) is 5.41 Å². The van der Waals surface area contributed by atoms with Gasteiger partial charge in [0.15, 0.2) is 0 Å². The summed E-state index contributed by atoms with van der Waals surface area (Å²) in [6.07, 6.45) is 0. The number of rotatable bonds is 9. The molecule has 302 valence electrons. The lowest BCUT2D eigenvalue weighted by Crippen LogP contribution is -2.30. The van der Waals surface area contributed by atoms with Gasteiger partial charge < -0.3 is 13.9 Å². The van der Waals surface area contributed by atoms with Crippen LogP contribution in [-0.4, -0.2) is 4.57 Å². The lowest BCUT2D eigenvalue weighted by atomic mass is 9.65. The molecule has 0 bridgehead atoms. The molecule has 12 aromatic rings. The first kappa shape index (κ1) is 37.4. The Morgan fingerprint density at radius 2 is 0.828 bits per heavy atom. The third-order valence-electron chi connectivity index (χ3n) is 12.9. The van der Waals surface area contributed by atoms with Gasteiger partial charge in [-0.3, -0.25) is 0 Å². The van der Waals surface area contributed by atoms with E-state index in [1.165, 1.54) is 38.5 Å². The van der Waals surface area contributed by atoms with Gasteiger partial charge in [0, 0.05) is 33.2 Å². The van der Waals surface area contributed by atoms with Crippen molar-refractivity contribution in [2.24, 2.45) is 0 Å². The molecule has 0 radical (unpaired) electrons. The maximum absolute atomic E-state index is 6.47. The molecule has 0 saturated carbocycles. The number of hydrogen-bond acceptors (Lipinski definition) is 2. The Labute approximate surface area is 372 Å². The van der Waals surface area contributed by atoms with E-state index in [4.69, 9.17) is 4.42 Å². The standard InChI is InChI=1S/C61H42N2O/c1-5-18-45(19-6-1)61(46-20-7-2-8-21-46,47-22-9-3-10-23-47)48-36-32-43(33-37-48)44-34-38-50(39-35-44)62(56-29-17-31-59-60(56)54-27-14-16-30-58(54)64-59)51-40-41-53-52-26-13-15-28-55(52)63(57(53)42-51)49-24-11-4-12-25-49/h1-42H. The number of nitrogens with zero attached hydrogens (tertiary/aromatic N) is 2. The van der Waals surface area contributed by atoms with Gasteiger partial charge in [-0.2, -0.15) is 0 Å². The second-order valence-corrected chi connectivity index (χ2v) is 16.4. The molecule has 0 aliphatic rings. The number of anilines is 3. The number of fused-ring (bicyclic) bond motifs is 6. The fourth-order valence-electron chi connectivity index (χ4n) is 10.1. The predicted octanol–water partition coefficient (Wildman–Crippen LogP) is 16.2. The molecule has 0 aliphatic carbocycles. The quantitative estimate of drug-likeness (QED) is 0.135. The number of para-hydroxylation sites is 3. The van der Waals surface area contributed by atoms with Crippen LogP contribution in [0.25, 0.3) is 60.6 Å². The molecule has 64 heavy (non-hydrogen) atoms. The lowest BCUT2D eigenvalue weighted by Gasteiger charge is -2.37. The average molecular weight is 819 g/mol. The summed E-state index contributed by atoms with van der Waals surface area (Å²) in [7, 11) is 0. The zero-order valence-electron chi connectivity index (χ0n) is 35.1. The minimum Gasteiger partial charge on any atom is -0.456 e.